The lowest BCUT2D eigenvalue weighted by Crippen LogP contribution is -2.40. The number of tetrazole rings is 1. The highest BCUT2D eigenvalue weighted by Crippen LogP contribution is 2.18. The molecule has 0 fully saturated rings. The molecule has 0 saturated carbocycles. The molecule has 3 aromatic rings. The smallest absolute Gasteiger partial charge is 0.254 e. The van der Waals surface area contributed by atoms with E-state index in [9.17, 15) is 4.79 Å². The van der Waals surface area contributed by atoms with Crippen molar-refractivity contribution in [1.29, 1.82) is 0 Å². The van der Waals surface area contributed by atoms with Gasteiger partial charge in [0.05, 0.1) is 12.6 Å². The Morgan fingerprint density at radius 3 is 2.77 bits per heavy atom. The number of hydrogen-bond acceptors (Lipinski definition) is 6. The van der Waals surface area contributed by atoms with E-state index >= 15 is 0 Å². The molecule has 8 heteroatoms. The molecule has 0 spiro atoms. The summed E-state index contributed by atoms with van der Waals surface area (Å²) in [4.78, 5) is 16.2. The molecule has 7 nitrogen and oxygen atoms in total. The minimum Gasteiger partial charge on any atom is -0.383 e. The van der Waals surface area contributed by atoms with E-state index in [2.05, 4.69) is 39.8 Å². The fourth-order valence-electron chi connectivity index (χ4n) is 2.73. The van der Waals surface area contributed by atoms with Crippen LogP contribution in [-0.2, 0) is 11.3 Å². The van der Waals surface area contributed by atoms with Gasteiger partial charge in [-0.15, -0.1) is 16.9 Å². The largest absolute Gasteiger partial charge is 0.383 e. The van der Waals surface area contributed by atoms with Crippen molar-refractivity contribution in [2.24, 2.45) is 0 Å². The van der Waals surface area contributed by atoms with Gasteiger partial charge in [-0.05, 0) is 53.4 Å². The molecule has 1 aromatic carbocycles. The lowest BCUT2D eigenvalue weighted by atomic mass is 10.1. The Labute approximate surface area is 156 Å². The van der Waals surface area contributed by atoms with Gasteiger partial charge in [0.2, 0.25) is 0 Å². The quantitative estimate of drug-likeness (QED) is 0.594. The second-order valence-corrected chi connectivity index (χ2v) is 6.86. The van der Waals surface area contributed by atoms with Crippen molar-refractivity contribution in [1.82, 2.24) is 24.9 Å². The van der Waals surface area contributed by atoms with Crippen molar-refractivity contribution < 1.29 is 9.53 Å². The minimum absolute atomic E-state index is 0.0695. The highest BCUT2D eigenvalue weighted by molar-refractivity contribution is 7.98. The Bertz CT molecular complexity index is 881. The van der Waals surface area contributed by atoms with Crippen LogP contribution < -0.4 is 0 Å². The SMILES string of the molecule is COC[C@H](C)N(Cc1ccc(SC)cc1)C(=O)c1ccn2nnnc2c1. The van der Waals surface area contributed by atoms with Crippen LogP contribution in [0.3, 0.4) is 0 Å². The zero-order chi connectivity index (χ0) is 18.5. The Kier molecular flexibility index (Phi) is 5.85. The molecule has 0 saturated heterocycles. The number of nitrogens with zero attached hydrogens (tertiary/aromatic N) is 5. The average Bonchev–Trinajstić information content (AvgIpc) is 3.14. The van der Waals surface area contributed by atoms with Crippen LogP contribution in [0, 0.1) is 0 Å². The summed E-state index contributed by atoms with van der Waals surface area (Å²) in [6.45, 7) is 2.95. The lowest BCUT2D eigenvalue weighted by molar-refractivity contribution is 0.0542. The molecule has 136 valence electrons. The van der Waals surface area contributed by atoms with Gasteiger partial charge in [0, 0.05) is 30.3 Å². The maximum absolute atomic E-state index is 13.1. The highest BCUT2D eigenvalue weighted by atomic mass is 32.2. The summed E-state index contributed by atoms with van der Waals surface area (Å²) in [6, 6.07) is 11.6. The zero-order valence-corrected chi connectivity index (χ0v) is 15.8. The fraction of sp³-hybridized carbons (Fsp3) is 0.333. The number of aromatic nitrogens is 4. The van der Waals surface area contributed by atoms with E-state index in [0.717, 1.165) is 5.56 Å². The zero-order valence-electron chi connectivity index (χ0n) is 15.0. The summed E-state index contributed by atoms with van der Waals surface area (Å²) < 4.78 is 6.80. The second kappa shape index (κ2) is 8.29. The Hall–Kier alpha value is -2.45. The topological polar surface area (TPSA) is 72.6 Å². The van der Waals surface area contributed by atoms with Gasteiger partial charge >= 0.3 is 0 Å². The van der Waals surface area contributed by atoms with E-state index in [0.29, 0.717) is 24.4 Å². The second-order valence-electron chi connectivity index (χ2n) is 5.98. The molecular weight excluding hydrogens is 350 g/mol. The molecule has 0 unspecified atom stereocenters. The number of carbonyl (C=O) groups is 1. The van der Waals surface area contributed by atoms with Gasteiger partial charge in [0.1, 0.15) is 0 Å². The van der Waals surface area contributed by atoms with Gasteiger partial charge in [0.15, 0.2) is 5.65 Å². The minimum atomic E-state index is -0.0750. The number of fused-ring (bicyclic) bond motifs is 1. The first-order chi connectivity index (χ1) is 12.6. The summed E-state index contributed by atoms with van der Waals surface area (Å²) in [6.07, 6.45) is 3.73. The molecule has 26 heavy (non-hydrogen) atoms. The van der Waals surface area contributed by atoms with Crippen molar-refractivity contribution in [2.75, 3.05) is 20.0 Å². The van der Waals surface area contributed by atoms with E-state index in [1.54, 1.807) is 37.2 Å². The Morgan fingerprint density at radius 1 is 1.31 bits per heavy atom. The van der Waals surface area contributed by atoms with Gasteiger partial charge in [0.25, 0.3) is 5.91 Å². The maximum atomic E-state index is 13.1. The standard InChI is InChI=1S/C18H21N5O2S/c1-13(12-25-2)22(11-14-4-6-16(26-3)7-5-14)18(24)15-8-9-23-17(10-15)19-20-21-23/h4-10,13H,11-12H2,1-3H3/t13-/m0/s1. The fourth-order valence-corrected chi connectivity index (χ4v) is 3.13. The van der Waals surface area contributed by atoms with Crippen LogP contribution in [0.5, 0.6) is 0 Å². The molecule has 2 aromatic heterocycles. The number of pyridine rings is 1. The molecule has 3 rings (SSSR count). The summed E-state index contributed by atoms with van der Waals surface area (Å²) in [5.74, 6) is -0.0750. The van der Waals surface area contributed by atoms with E-state index in [1.165, 1.54) is 9.41 Å². The van der Waals surface area contributed by atoms with Crippen molar-refractivity contribution in [3.63, 3.8) is 0 Å². The van der Waals surface area contributed by atoms with Gasteiger partial charge in [-0.3, -0.25) is 4.79 Å². The summed E-state index contributed by atoms with van der Waals surface area (Å²) in [5, 5.41) is 11.3. The molecule has 2 heterocycles. The van der Waals surface area contributed by atoms with Crippen LogP contribution in [0.25, 0.3) is 5.65 Å². The molecule has 0 radical (unpaired) electrons. The van der Waals surface area contributed by atoms with Crippen LogP contribution in [0.15, 0.2) is 47.5 Å². The molecule has 0 aliphatic carbocycles. The van der Waals surface area contributed by atoms with Gasteiger partial charge in [-0.1, -0.05) is 12.1 Å². The number of hydrogen-bond donors (Lipinski definition) is 0. The lowest BCUT2D eigenvalue weighted by Gasteiger charge is -2.29. The third-order valence-corrected chi connectivity index (χ3v) is 4.90. The first kappa shape index (κ1) is 18.3. The highest BCUT2D eigenvalue weighted by Gasteiger charge is 2.22. The van der Waals surface area contributed by atoms with Gasteiger partial charge < -0.3 is 9.64 Å². The van der Waals surface area contributed by atoms with Gasteiger partial charge in [-0.25, -0.2) is 4.52 Å². The average molecular weight is 371 g/mol. The third-order valence-electron chi connectivity index (χ3n) is 4.16. The predicted molar refractivity (Wildman–Crippen MR) is 100 cm³/mol. The first-order valence-electron chi connectivity index (χ1n) is 8.23. The number of rotatable bonds is 7. The van der Waals surface area contributed by atoms with Gasteiger partial charge in [-0.2, -0.15) is 0 Å². The normalized spacial score (nSPS) is 12.3. The van der Waals surface area contributed by atoms with Crippen molar-refractivity contribution in [3.05, 3.63) is 53.7 Å². The molecular formula is C18H21N5O2S. The first-order valence-corrected chi connectivity index (χ1v) is 9.45. The van der Waals surface area contributed by atoms with Crippen molar-refractivity contribution in [2.45, 2.75) is 24.4 Å². The summed E-state index contributed by atoms with van der Waals surface area (Å²) >= 11 is 1.69. The van der Waals surface area contributed by atoms with Crippen LogP contribution in [0.2, 0.25) is 0 Å². The number of amides is 1. The number of carbonyl (C=O) groups excluding carboxylic acids is 1. The Balaban J connectivity index is 1.87. The summed E-state index contributed by atoms with van der Waals surface area (Å²) in [5.41, 5.74) is 2.17. The van der Waals surface area contributed by atoms with Crippen LogP contribution >= 0.6 is 11.8 Å². The van der Waals surface area contributed by atoms with Crippen LogP contribution in [-0.4, -0.2) is 56.9 Å². The van der Waals surface area contributed by atoms with Crippen LogP contribution in [0.4, 0.5) is 0 Å². The molecule has 0 bridgehead atoms. The molecule has 1 atom stereocenters. The van der Waals surface area contributed by atoms with Crippen molar-refractivity contribution >= 4 is 23.3 Å². The number of ether oxygens (including phenoxy) is 1. The summed E-state index contributed by atoms with van der Waals surface area (Å²) in [7, 11) is 1.64. The Morgan fingerprint density at radius 2 is 2.08 bits per heavy atom. The van der Waals surface area contributed by atoms with E-state index in [-0.39, 0.29) is 11.9 Å². The molecule has 1 amide bonds. The van der Waals surface area contributed by atoms with E-state index in [1.807, 2.05) is 18.1 Å². The van der Waals surface area contributed by atoms with Crippen molar-refractivity contribution in [3.8, 4) is 0 Å². The van der Waals surface area contributed by atoms with E-state index in [4.69, 9.17) is 4.74 Å². The molecule has 0 aliphatic rings. The third kappa shape index (κ3) is 4.03. The van der Waals surface area contributed by atoms with E-state index < -0.39 is 0 Å². The number of methoxy groups -OCH3 is 1. The van der Waals surface area contributed by atoms with Crippen LogP contribution in [0.1, 0.15) is 22.8 Å². The molecule has 0 N–H and O–H groups in total. The molecule has 0 aliphatic heterocycles. The number of thioether (sulfide) groups is 1. The predicted octanol–water partition coefficient (Wildman–Crippen LogP) is 2.52. The number of benzene rings is 1. The monoisotopic (exact) mass is 371 g/mol. The maximum Gasteiger partial charge on any atom is 0.254 e.